The Labute approximate surface area is 239 Å². The molecule has 0 aromatic rings. The summed E-state index contributed by atoms with van der Waals surface area (Å²) in [5.41, 5.74) is -4.18. The van der Waals surface area contributed by atoms with Crippen molar-refractivity contribution in [2.75, 3.05) is 11.5 Å². The molecule has 2 fully saturated rings. The van der Waals surface area contributed by atoms with Gasteiger partial charge in [0.05, 0.1) is 36.9 Å². The summed E-state index contributed by atoms with van der Waals surface area (Å²) in [5.74, 6) is -2.49. The highest BCUT2D eigenvalue weighted by molar-refractivity contribution is 7.91. The second-order valence-electron chi connectivity index (χ2n) is 13.0. The van der Waals surface area contributed by atoms with Gasteiger partial charge in [-0.05, 0) is 38.5 Å². The Morgan fingerprint density at radius 1 is 0.800 bits per heavy atom. The molecule has 11 nitrogen and oxygen atoms in total. The lowest BCUT2D eigenvalue weighted by atomic mass is 9.74. The minimum absolute atomic E-state index is 0.0687. The van der Waals surface area contributed by atoms with Gasteiger partial charge in [-0.15, -0.1) is 0 Å². The van der Waals surface area contributed by atoms with E-state index in [-0.39, 0.29) is 25.7 Å². The number of esters is 2. The molecule has 2 aliphatic heterocycles. The molecule has 0 aromatic carbocycles. The van der Waals surface area contributed by atoms with Crippen molar-refractivity contribution in [1.82, 2.24) is 0 Å². The first-order valence-corrected chi connectivity index (χ1v) is 15.5. The fourth-order valence-electron chi connectivity index (χ4n) is 5.67. The van der Waals surface area contributed by atoms with Gasteiger partial charge in [0.1, 0.15) is 23.7 Å². The fraction of sp³-hybridized carbons (Fsp3) is 0.857. The fourth-order valence-corrected chi connectivity index (χ4v) is 6.93. The maximum Gasteiger partial charge on any atom is 0.309 e. The summed E-state index contributed by atoms with van der Waals surface area (Å²) >= 11 is -1.02. The molecule has 2 saturated heterocycles. The lowest BCUT2D eigenvalue weighted by Gasteiger charge is -2.42. The van der Waals surface area contributed by atoms with Gasteiger partial charge < -0.3 is 34.5 Å². The van der Waals surface area contributed by atoms with E-state index in [9.17, 15) is 33.9 Å². The van der Waals surface area contributed by atoms with E-state index in [0.717, 1.165) is 12.8 Å². The SMILES string of the molecule is CC(C)(CCCC[S+]([O-])CCCCC(C)(C)C1CC(O)(CC(=O)O)CC(=O)O1)C1CC(O)(CC(=O)O)CC(=O)O1. The Kier molecular flexibility index (Phi) is 11.9. The molecule has 2 heterocycles. The molecule has 2 aliphatic rings. The number of rotatable bonds is 16. The molecule has 40 heavy (non-hydrogen) atoms. The molecule has 0 aromatic heterocycles. The van der Waals surface area contributed by atoms with E-state index in [0.29, 0.717) is 37.2 Å². The number of carbonyl (C=O) groups is 4. The van der Waals surface area contributed by atoms with Crippen LogP contribution < -0.4 is 0 Å². The van der Waals surface area contributed by atoms with Gasteiger partial charge in [-0.2, -0.15) is 0 Å². The zero-order chi connectivity index (χ0) is 30.4. The molecule has 4 atom stereocenters. The highest BCUT2D eigenvalue weighted by Crippen LogP contribution is 2.41. The van der Waals surface area contributed by atoms with Gasteiger partial charge in [0, 0.05) is 23.7 Å². The maximum absolute atomic E-state index is 12.6. The summed E-state index contributed by atoms with van der Waals surface area (Å²) in [5, 5.41) is 39.4. The molecule has 0 amide bonds. The van der Waals surface area contributed by atoms with Gasteiger partial charge in [-0.1, -0.05) is 38.9 Å². The number of hydrogen-bond acceptors (Lipinski definition) is 9. The van der Waals surface area contributed by atoms with Crippen LogP contribution in [0.4, 0.5) is 0 Å². The zero-order valence-corrected chi connectivity index (χ0v) is 24.9. The number of carboxylic acid groups (broad SMARTS) is 2. The Hall–Kier alpha value is -1.89. The number of unbranched alkanes of at least 4 members (excludes halogenated alkanes) is 2. The molecule has 4 N–H and O–H groups in total. The summed E-state index contributed by atoms with van der Waals surface area (Å²) in [6.45, 7) is 7.68. The second kappa shape index (κ2) is 13.8. The molecule has 0 saturated carbocycles. The van der Waals surface area contributed by atoms with Crippen LogP contribution in [0.25, 0.3) is 0 Å². The Balaban J connectivity index is 1.71. The standard InChI is InChI=1S/C28H46O11S/c1-25(2,19-13-27(35,15-21(29)30)17-23(33)38-19)9-5-7-11-40(37)12-8-6-10-26(3,4)20-14-28(36,16-22(31)32)18-24(34)39-20/h19-20,35-36H,5-18H2,1-4H3,(H,29,30)(H,31,32). The number of ether oxygens (including phenoxy) is 2. The number of aliphatic hydroxyl groups is 2. The van der Waals surface area contributed by atoms with Gasteiger partial charge in [-0.3, -0.25) is 19.2 Å². The summed E-state index contributed by atoms with van der Waals surface area (Å²) in [4.78, 5) is 46.3. The molecule has 4 unspecified atom stereocenters. The van der Waals surface area contributed by atoms with Crippen LogP contribution in [0.2, 0.25) is 0 Å². The zero-order valence-electron chi connectivity index (χ0n) is 24.1. The van der Waals surface area contributed by atoms with Crippen molar-refractivity contribution in [3.8, 4) is 0 Å². The highest BCUT2D eigenvalue weighted by Gasteiger charge is 2.47. The third kappa shape index (κ3) is 10.8. The van der Waals surface area contributed by atoms with Crippen LogP contribution in [-0.4, -0.2) is 83.8 Å². The largest absolute Gasteiger partial charge is 0.616 e. The lowest BCUT2D eigenvalue weighted by Crippen LogP contribution is -2.49. The third-order valence-electron chi connectivity index (χ3n) is 8.21. The smallest absolute Gasteiger partial charge is 0.309 e. The molecular formula is C28H46O11S. The molecular weight excluding hydrogens is 544 g/mol. The Morgan fingerprint density at radius 2 is 1.15 bits per heavy atom. The lowest BCUT2D eigenvalue weighted by molar-refractivity contribution is -0.185. The van der Waals surface area contributed by atoms with E-state index in [1.54, 1.807) is 0 Å². The van der Waals surface area contributed by atoms with Crippen LogP contribution in [0, 0.1) is 10.8 Å². The van der Waals surface area contributed by atoms with Crippen molar-refractivity contribution in [3.05, 3.63) is 0 Å². The normalized spacial score (nSPS) is 28.5. The minimum atomic E-state index is -1.61. The van der Waals surface area contributed by atoms with E-state index >= 15 is 0 Å². The number of cyclic esters (lactones) is 2. The third-order valence-corrected chi connectivity index (χ3v) is 9.70. The van der Waals surface area contributed by atoms with Crippen molar-refractivity contribution in [2.45, 2.75) is 128 Å². The van der Waals surface area contributed by atoms with E-state index in [1.165, 1.54) is 0 Å². The maximum atomic E-state index is 12.6. The van der Waals surface area contributed by atoms with Gasteiger partial charge in [-0.25, -0.2) is 0 Å². The van der Waals surface area contributed by atoms with Gasteiger partial charge >= 0.3 is 23.9 Å². The van der Waals surface area contributed by atoms with Gasteiger partial charge in [0.25, 0.3) is 0 Å². The monoisotopic (exact) mass is 590 g/mol. The van der Waals surface area contributed by atoms with Crippen LogP contribution in [0.1, 0.15) is 105 Å². The molecule has 0 radical (unpaired) electrons. The summed E-state index contributed by atoms with van der Waals surface area (Å²) in [6.07, 6.45) is 1.47. The van der Waals surface area contributed by atoms with Crippen molar-refractivity contribution >= 4 is 35.1 Å². The van der Waals surface area contributed by atoms with Crippen LogP contribution >= 0.6 is 0 Å². The van der Waals surface area contributed by atoms with Crippen LogP contribution in [-0.2, 0) is 39.8 Å². The molecule has 2 rings (SSSR count). The molecule has 12 heteroatoms. The van der Waals surface area contributed by atoms with Crippen LogP contribution in [0.5, 0.6) is 0 Å². The van der Waals surface area contributed by atoms with Gasteiger partial charge in [0.2, 0.25) is 0 Å². The first-order valence-electron chi connectivity index (χ1n) is 14.0. The Bertz CT molecular complexity index is 840. The summed E-state index contributed by atoms with van der Waals surface area (Å²) in [6, 6.07) is 0. The minimum Gasteiger partial charge on any atom is -0.616 e. The van der Waals surface area contributed by atoms with E-state index in [4.69, 9.17) is 19.7 Å². The second-order valence-corrected chi connectivity index (χ2v) is 14.7. The number of carboxylic acids is 2. The first-order chi connectivity index (χ1) is 18.3. The molecule has 0 bridgehead atoms. The average molecular weight is 591 g/mol. The van der Waals surface area contributed by atoms with Gasteiger partial charge in [0.15, 0.2) is 0 Å². The highest BCUT2D eigenvalue weighted by atomic mass is 32.2. The van der Waals surface area contributed by atoms with E-state index < -0.39 is 82.1 Å². The van der Waals surface area contributed by atoms with E-state index in [1.807, 2.05) is 27.7 Å². The van der Waals surface area contributed by atoms with Crippen molar-refractivity contribution in [1.29, 1.82) is 0 Å². The predicted octanol–water partition coefficient (Wildman–Crippen LogP) is 2.95. The number of carbonyl (C=O) groups excluding carboxylic acids is 2. The first kappa shape index (κ1) is 34.3. The summed E-state index contributed by atoms with van der Waals surface area (Å²) < 4.78 is 23.5. The topological polar surface area (TPSA) is 191 Å². The Morgan fingerprint density at radius 3 is 1.48 bits per heavy atom. The molecule has 0 aliphatic carbocycles. The predicted molar refractivity (Wildman–Crippen MR) is 146 cm³/mol. The van der Waals surface area contributed by atoms with Crippen LogP contribution in [0.15, 0.2) is 0 Å². The average Bonchev–Trinajstić information content (AvgIpc) is 2.76. The number of hydrogen-bond donors (Lipinski definition) is 4. The van der Waals surface area contributed by atoms with E-state index in [2.05, 4.69) is 0 Å². The summed E-state index contributed by atoms with van der Waals surface area (Å²) in [7, 11) is 0. The van der Waals surface area contributed by atoms with Crippen LogP contribution in [0.3, 0.4) is 0 Å². The quantitative estimate of drug-likeness (QED) is 0.117. The van der Waals surface area contributed by atoms with Crippen molar-refractivity contribution in [3.63, 3.8) is 0 Å². The molecule has 230 valence electrons. The molecule has 0 spiro atoms. The van der Waals surface area contributed by atoms with Crippen molar-refractivity contribution < 1.29 is 53.6 Å². The number of aliphatic carboxylic acids is 2. The van der Waals surface area contributed by atoms with Crippen molar-refractivity contribution in [2.24, 2.45) is 10.8 Å².